The number of carbonyl (C=O) groups is 1. The minimum Gasteiger partial charge on any atom is -0.484 e. The lowest BCUT2D eigenvalue weighted by molar-refractivity contribution is -0.153. The van der Waals surface area contributed by atoms with Crippen molar-refractivity contribution in [3.8, 4) is 5.75 Å². The summed E-state index contributed by atoms with van der Waals surface area (Å²) in [6.07, 6.45) is -4.36. The van der Waals surface area contributed by atoms with Crippen LogP contribution in [0.4, 0.5) is 13.2 Å². The second-order valence-electron chi connectivity index (χ2n) is 5.05. The summed E-state index contributed by atoms with van der Waals surface area (Å²) in [6.45, 7) is 0.810. The van der Waals surface area contributed by atoms with Crippen LogP contribution in [0.3, 0.4) is 0 Å². The molecule has 0 unspecified atom stereocenters. The Kier molecular flexibility index (Phi) is 5.26. The number of benzene rings is 2. The number of hydrogen-bond acceptors (Lipinski definition) is 2. The molecule has 0 aliphatic carbocycles. The Morgan fingerprint density at radius 3 is 2.35 bits per heavy atom. The number of aryl methyl sites for hydroxylation is 1. The van der Waals surface area contributed by atoms with Gasteiger partial charge in [0.2, 0.25) is 0 Å². The Balaban J connectivity index is 1.89. The summed E-state index contributed by atoms with van der Waals surface area (Å²) in [7, 11) is 0. The Morgan fingerprint density at radius 2 is 1.74 bits per heavy atom. The maximum absolute atomic E-state index is 12.1. The van der Waals surface area contributed by atoms with Crippen LogP contribution in [-0.2, 0) is 6.54 Å². The van der Waals surface area contributed by atoms with Crippen LogP contribution in [-0.4, -0.2) is 18.7 Å². The highest BCUT2D eigenvalue weighted by Gasteiger charge is 2.28. The molecule has 0 spiro atoms. The van der Waals surface area contributed by atoms with Crippen molar-refractivity contribution < 1.29 is 22.7 Å². The van der Waals surface area contributed by atoms with Gasteiger partial charge >= 0.3 is 6.18 Å². The van der Waals surface area contributed by atoms with Crippen LogP contribution in [0.15, 0.2) is 48.5 Å². The number of rotatable bonds is 5. The lowest BCUT2D eigenvalue weighted by Crippen LogP contribution is -2.23. The highest BCUT2D eigenvalue weighted by atomic mass is 19.4. The van der Waals surface area contributed by atoms with Gasteiger partial charge in [-0.2, -0.15) is 13.2 Å². The second-order valence-corrected chi connectivity index (χ2v) is 5.05. The average molecular weight is 323 g/mol. The van der Waals surface area contributed by atoms with E-state index in [-0.39, 0.29) is 18.2 Å². The smallest absolute Gasteiger partial charge is 0.422 e. The number of nitrogens with one attached hydrogen (secondary N) is 1. The van der Waals surface area contributed by atoms with E-state index in [0.717, 1.165) is 11.1 Å². The molecule has 0 saturated heterocycles. The molecule has 2 rings (SSSR count). The van der Waals surface area contributed by atoms with Gasteiger partial charge in [0.15, 0.2) is 6.61 Å². The maximum Gasteiger partial charge on any atom is 0.422 e. The van der Waals surface area contributed by atoms with E-state index in [1.807, 2.05) is 19.1 Å². The molecule has 23 heavy (non-hydrogen) atoms. The monoisotopic (exact) mass is 323 g/mol. The van der Waals surface area contributed by atoms with Crippen LogP contribution >= 0.6 is 0 Å². The Labute approximate surface area is 132 Å². The Bertz CT molecular complexity index is 666. The molecule has 0 bridgehead atoms. The van der Waals surface area contributed by atoms with Gasteiger partial charge in [0.05, 0.1) is 0 Å². The predicted molar refractivity (Wildman–Crippen MR) is 80.3 cm³/mol. The average Bonchev–Trinajstić information content (AvgIpc) is 2.51. The standard InChI is InChI=1S/C17H16F3NO2/c1-12-4-2-3-5-15(12)16(22)21-10-13-6-8-14(9-7-13)23-11-17(18,19)20/h2-9H,10-11H2,1H3,(H,21,22). The zero-order chi connectivity index (χ0) is 16.9. The SMILES string of the molecule is Cc1ccccc1C(=O)NCc1ccc(OCC(F)(F)F)cc1. The highest BCUT2D eigenvalue weighted by Crippen LogP contribution is 2.19. The van der Waals surface area contributed by atoms with Gasteiger partial charge in [-0.3, -0.25) is 4.79 Å². The van der Waals surface area contributed by atoms with Gasteiger partial charge in [-0.1, -0.05) is 30.3 Å². The minimum atomic E-state index is -4.36. The molecule has 0 heterocycles. The van der Waals surface area contributed by atoms with Gasteiger partial charge in [-0.05, 0) is 36.2 Å². The molecule has 0 aromatic heterocycles. The summed E-state index contributed by atoms with van der Waals surface area (Å²) in [5, 5.41) is 2.77. The Hall–Kier alpha value is -2.50. The molecule has 0 radical (unpaired) electrons. The summed E-state index contributed by atoms with van der Waals surface area (Å²) in [5.74, 6) is -0.0585. The van der Waals surface area contributed by atoms with Crippen LogP contribution < -0.4 is 10.1 Å². The lowest BCUT2D eigenvalue weighted by atomic mass is 10.1. The quantitative estimate of drug-likeness (QED) is 0.907. The summed E-state index contributed by atoms with van der Waals surface area (Å²) in [4.78, 5) is 12.1. The molecule has 0 fully saturated rings. The van der Waals surface area contributed by atoms with Gasteiger partial charge in [0.25, 0.3) is 5.91 Å². The van der Waals surface area contributed by atoms with Crippen molar-refractivity contribution in [3.05, 3.63) is 65.2 Å². The van der Waals surface area contributed by atoms with E-state index in [9.17, 15) is 18.0 Å². The first-order valence-electron chi connectivity index (χ1n) is 6.97. The molecule has 1 amide bonds. The largest absolute Gasteiger partial charge is 0.484 e. The van der Waals surface area contributed by atoms with Crippen LogP contribution in [0.2, 0.25) is 0 Å². The Morgan fingerprint density at radius 1 is 1.09 bits per heavy atom. The normalized spacial score (nSPS) is 11.1. The van der Waals surface area contributed by atoms with Gasteiger partial charge in [-0.25, -0.2) is 0 Å². The van der Waals surface area contributed by atoms with Gasteiger partial charge in [0, 0.05) is 12.1 Å². The first kappa shape index (κ1) is 16.9. The molecule has 0 aliphatic heterocycles. The fourth-order valence-electron chi connectivity index (χ4n) is 1.97. The third-order valence-electron chi connectivity index (χ3n) is 3.17. The number of hydrogen-bond donors (Lipinski definition) is 1. The molecular formula is C17H16F3NO2. The molecule has 2 aromatic carbocycles. The third kappa shape index (κ3) is 5.32. The zero-order valence-corrected chi connectivity index (χ0v) is 12.5. The number of carbonyl (C=O) groups excluding carboxylic acids is 1. The molecule has 3 nitrogen and oxygen atoms in total. The summed E-state index contributed by atoms with van der Waals surface area (Å²) >= 11 is 0. The molecule has 6 heteroatoms. The minimum absolute atomic E-state index is 0.135. The molecule has 122 valence electrons. The number of alkyl halides is 3. The fourth-order valence-corrected chi connectivity index (χ4v) is 1.97. The second kappa shape index (κ2) is 7.17. The van der Waals surface area contributed by atoms with Gasteiger partial charge in [0.1, 0.15) is 5.75 Å². The number of amides is 1. The van der Waals surface area contributed by atoms with Crippen LogP contribution in [0.5, 0.6) is 5.75 Å². The van der Waals surface area contributed by atoms with E-state index >= 15 is 0 Å². The number of halogens is 3. The third-order valence-corrected chi connectivity index (χ3v) is 3.17. The topological polar surface area (TPSA) is 38.3 Å². The van der Waals surface area contributed by atoms with Gasteiger partial charge < -0.3 is 10.1 Å². The van der Waals surface area contributed by atoms with E-state index in [1.165, 1.54) is 12.1 Å². The van der Waals surface area contributed by atoms with Crippen molar-refractivity contribution in [3.63, 3.8) is 0 Å². The molecule has 0 atom stereocenters. The van der Waals surface area contributed by atoms with E-state index in [2.05, 4.69) is 10.1 Å². The summed E-state index contributed by atoms with van der Waals surface area (Å²) in [6, 6.07) is 13.3. The summed E-state index contributed by atoms with van der Waals surface area (Å²) < 4.78 is 40.8. The predicted octanol–water partition coefficient (Wildman–Crippen LogP) is 3.87. The van der Waals surface area contributed by atoms with Crippen molar-refractivity contribution in [2.45, 2.75) is 19.6 Å². The van der Waals surface area contributed by atoms with E-state index < -0.39 is 12.8 Å². The van der Waals surface area contributed by atoms with E-state index in [0.29, 0.717) is 5.56 Å². The van der Waals surface area contributed by atoms with E-state index in [1.54, 1.807) is 24.3 Å². The van der Waals surface area contributed by atoms with Crippen LogP contribution in [0, 0.1) is 6.92 Å². The van der Waals surface area contributed by atoms with E-state index in [4.69, 9.17) is 0 Å². The molecule has 2 aromatic rings. The van der Waals surface area contributed by atoms with Crippen molar-refractivity contribution in [1.82, 2.24) is 5.32 Å². The number of ether oxygens (including phenoxy) is 1. The first-order valence-corrected chi connectivity index (χ1v) is 6.97. The lowest BCUT2D eigenvalue weighted by Gasteiger charge is -2.10. The van der Waals surface area contributed by atoms with Crippen molar-refractivity contribution in [2.24, 2.45) is 0 Å². The first-order chi connectivity index (χ1) is 10.8. The summed E-state index contributed by atoms with van der Waals surface area (Å²) in [5.41, 5.74) is 2.24. The van der Waals surface area contributed by atoms with Crippen LogP contribution in [0.1, 0.15) is 21.5 Å². The van der Waals surface area contributed by atoms with Crippen molar-refractivity contribution in [1.29, 1.82) is 0 Å². The zero-order valence-electron chi connectivity index (χ0n) is 12.5. The maximum atomic E-state index is 12.1. The van der Waals surface area contributed by atoms with Gasteiger partial charge in [-0.15, -0.1) is 0 Å². The van der Waals surface area contributed by atoms with Crippen LogP contribution in [0.25, 0.3) is 0 Å². The van der Waals surface area contributed by atoms with Crippen molar-refractivity contribution >= 4 is 5.91 Å². The highest BCUT2D eigenvalue weighted by molar-refractivity contribution is 5.95. The van der Waals surface area contributed by atoms with Crippen molar-refractivity contribution in [2.75, 3.05) is 6.61 Å². The molecule has 0 saturated carbocycles. The molecule has 1 N–H and O–H groups in total. The molecular weight excluding hydrogens is 307 g/mol. The molecule has 0 aliphatic rings. The fraction of sp³-hybridized carbons (Fsp3) is 0.235.